The average Bonchev–Trinajstić information content (AvgIpc) is 2.33. The van der Waals surface area contributed by atoms with E-state index in [0.29, 0.717) is 11.8 Å². The van der Waals surface area contributed by atoms with E-state index in [2.05, 4.69) is 4.98 Å². The first-order chi connectivity index (χ1) is 8.49. The van der Waals surface area contributed by atoms with Crippen molar-refractivity contribution in [2.75, 3.05) is 17.7 Å². The first kappa shape index (κ1) is 12.2. The van der Waals surface area contributed by atoms with E-state index in [9.17, 15) is 13.2 Å². The van der Waals surface area contributed by atoms with Crippen LogP contribution >= 0.6 is 0 Å². The standard InChI is InChI=1S/C12H10F3N3/c1-18(8-4-2-3-7(13)5-8)12-10(15)6-9(14)11(16)17-12/h2-6H,1H3,(H2,16,17). The molecule has 1 aromatic carbocycles. The molecule has 3 nitrogen and oxygen atoms in total. The third-order valence-corrected chi connectivity index (χ3v) is 2.45. The topological polar surface area (TPSA) is 42.2 Å². The Labute approximate surface area is 102 Å². The van der Waals surface area contributed by atoms with Crippen LogP contribution < -0.4 is 10.6 Å². The Hall–Kier alpha value is -2.24. The summed E-state index contributed by atoms with van der Waals surface area (Å²) in [5, 5.41) is 0. The number of pyridine rings is 1. The molecule has 2 N–H and O–H groups in total. The highest BCUT2D eigenvalue weighted by molar-refractivity contribution is 5.61. The molecule has 0 saturated heterocycles. The first-order valence-electron chi connectivity index (χ1n) is 5.10. The van der Waals surface area contributed by atoms with E-state index in [0.717, 1.165) is 0 Å². The fraction of sp³-hybridized carbons (Fsp3) is 0.0833. The number of anilines is 3. The number of nitrogen functional groups attached to an aromatic ring is 1. The highest BCUT2D eigenvalue weighted by Gasteiger charge is 2.15. The van der Waals surface area contributed by atoms with Crippen LogP contribution in [-0.2, 0) is 0 Å². The number of benzene rings is 1. The molecule has 0 aliphatic carbocycles. The molecular weight excluding hydrogens is 243 g/mol. The highest BCUT2D eigenvalue weighted by Crippen LogP contribution is 2.26. The minimum absolute atomic E-state index is 0.167. The van der Waals surface area contributed by atoms with E-state index in [-0.39, 0.29) is 5.82 Å². The van der Waals surface area contributed by atoms with Crippen molar-refractivity contribution in [2.45, 2.75) is 0 Å². The summed E-state index contributed by atoms with van der Waals surface area (Å²) in [5.74, 6) is -2.83. The van der Waals surface area contributed by atoms with Gasteiger partial charge in [0.05, 0.1) is 0 Å². The van der Waals surface area contributed by atoms with Gasteiger partial charge in [-0.1, -0.05) is 6.07 Å². The Bertz CT molecular complexity index is 587. The predicted octanol–water partition coefficient (Wildman–Crippen LogP) is 2.85. The Morgan fingerprint density at radius 3 is 2.50 bits per heavy atom. The van der Waals surface area contributed by atoms with E-state index >= 15 is 0 Å². The zero-order valence-corrected chi connectivity index (χ0v) is 9.49. The first-order valence-corrected chi connectivity index (χ1v) is 5.10. The van der Waals surface area contributed by atoms with Crippen molar-refractivity contribution in [3.8, 4) is 0 Å². The van der Waals surface area contributed by atoms with Crippen molar-refractivity contribution in [1.82, 2.24) is 4.98 Å². The van der Waals surface area contributed by atoms with Crippen LogP contribution in [0.3, 0.4) is 0 Å². The van der Waals surface area contributed by atoms with Gasteiger partial charge in [-0.25, -0.2) is 18.2 Å². The van der Waals surface area contributed by atoms with Gasteiger partial charge < -0.3 is 10.6 Å². The van der Waals surface area contributed by atoms with Gasteiger partial charge in [-0.15, -0.1) is 0 Å². The summed E-state index contributed by atoms with van der Waals surface area (Å²) in [4.78, 5) is 4.90. The van der Waals surface area contributed by atoms with Gasteiger partial charge in [0.1, 0.15) is 5.82 Å². The van der Waals surface area contributed by atoms with Gasteiger partial charge in [0.25, 0.3) is 0 Å². The van der Waals surface area contributed by atoms with E-state index in [1.54, 1.807) is 6.07 Å². The second-order valence-electron chi connectivity index (χ2n) is 3.70. The summed E-state index contributed by atoms with van der Waals surface area (Å²) >= 11 is 0. The molecule has 18 heavy (non-hydrogen) atoms. The van der Waals surface area contributed by atoms with Gasteiger partial charge in [0, 0.05) is 18.8 Å². The molecule has 0 amide bonds. The van der Waals surface area contributed by atoms with Crippen molar-refractivity contribution in [3.05, 3.63) is 47.8 Å². The molecule has 6 heteroatoms. The molecular formula is C12H10F3N3. The van der Waals surface area contributed by atoms with Gasteiger partial charge in [-0.05, 0) is 18.2 Å². The highest BCUT2D eigenvalue weighted by atomic mass is 19.1. The van der Waals surface area contributed by atoms with E-state index in [4.69, 9.17) is 5.73 Å². The number of nitrogens with two attached hydrogens (primary N) is 1. The molecule has 0 aliphatic heterocycles. The second kappa shape index (κ2) is 4.56. The van der Waals surface area contributed by atoms with Crippen LogP contribution in [0.25, 0.3) is 0 Å². The van der Waals surface area contributed by atoms with Gasteiger partial charge in [0.15, 0.2) is 23.3 Å². The lowest BCUT2D eigenvalue weighted by Crippen LogP contribution is -2.15. The van der Waals surface area contributed by atoms with Crippen LogP contribution in [0.1, 0.15) is 0 Å². The number of hydrogen-bond acceptors (Lipinski definition) is 3. The molecule has 0 spiro atoms. The lowest BCUT2D eigenvalue weighted by molar-refractivity contribution is 0.577. The van der Waals surface area contributed by atoms with Crippen LogP contribution in [0.4, 0.5) is 30.5 Å². The Kier molecular flexibility index (Phi) is 3.10. The molecule has 2 rings (SSSR count). The number of rotatable bonds is 2. The maximum Gasteiger partial charge on any atom is 0.171 e. The molecule has 0 saturated carbocycles. The molecule has 0 radical (unpaired) electrons. The quantitative estimate of drug-likeness (QED) is 0.894. The van der Waals surface area contributed by atoms with Gasteiger partial charge in [-0.3, -0.25) is 0 Å². The summed E-state index contributed by atoms with van der Waals surface area (Å²) < 4.78 is 39.6. The number of aromatic nitrogens is 1. The average molecular weight is 253 g/mol. The second-order valence-corrected chi connectivity index (χ2v) is 3.70. The smallest absolute Gasteiger partial charge is 0.171 e. The number of nitrogens with zero attached hydrogens (tertiary/aromatic N) is 2. The SMILES string of the molecule is CN(c1cccc(F)c1)c1nc(N)c(F)cc1F. The van der Waals surface area contributed by atoms with Crippen molar-refractivity contribution >= 4 is 17.3 Å². The zero-order valence-electron chi connectivity index (χ0n) is 9.49. The van der Waals surface area contributed by atoms with Crippen LogP contribution in [0.15, 0.2) is 30.3 Å². The largest absolute Gasteiger partial charge is 0.381 e. The number of halogens is 3. The van der Waals surface area contributed by atoms with Crippen molar-refractivity contribution in [1.29, 1.82) is 0 Å². The molecule has 2 aromatic rings. The Balaban J connectivity index is 2.46. The lowest BCUT2D eigenvalue weighted by Gasteiger charge is -2.19. The third-order valence-electron chi connectivity index (χ3n) is 2.45. The van der Waals surface area contributed by atoms with Crippen LogP contribution in [-0.4, -0.2) is 12.0 Å². The molecule has 0 fully saturated rings. The fourth-order valence-electron chi connectivity index (χ4n) is 1.51. The minimum Gasteiger partial charge on any atom is -0.381 e. The third kappa shape index (κ3) is 2.22. The summed E-state index contributed by atoms with van der Waals surface area (Å²) in [5.41, 5.74) is 5.66. The van der Waals surface area contributed by atoms with Crippen molar-refractivity contribution in [3.63, 3.8) is 0 Å². The summed E-state index contributed by atoms with van der Waals surface area (Å²) in [6, 6.07) is 6.17. The summed E-state index contributed by atoms with van der Waals surface area (Å²) in [7, 11) is 1.48. The lowest BCUT2D eigenvalue weighted by atomic mass is 10.3. The Morgan fingerprint density at radius 2 is 1.83 bits per heavy atom. The van der Waals surface area contributed by atoms with E-state index in [1.807, 2.05) is 0 Å². The summed E-state index contributed by atoms with van der Waals surface area (Å²) in [6.07, 6.45) is 0. The molecule has 0 bridgehead atoms. The number of hydrogen-bond donors (Lipinski definition) is 1. The van der Waals surface area contributed by atoms with Crippen LogP contribution in [0.5, 0.6) is 0 Å². The molecule has 0 atom stereocenters. The van der Waals surface area contributed by atoms with Gasteiger partial charge in [0.2, 0.25) is 0 Å². The van der Waals surface area contributed by atoms with E-state index in [1.165, 1.54) is 30.1 Å². The van der Waals surface area contributed by atoms with Crippen molar-refractivity contribution < 1.29 is 13.2 Å². The predicted molar refractivity (Wildman–Crippen MR) is 63.0 cm³/mol. The minimum atomic E-state index is -0.927. The zero-order chi connectivity index (χ0) is 13.3. The van der Waals surface area contributed by atoms with E-state index < -0.39 is 23.3 Å². The molecule has 0 unspecified atom stereocenters. The van der Waals surface area contributed by atoms with Crippen LogP contribution in [0.2, 0.25) is 0 Å². The maximum absolute atomic E-state index is 13.6. The molecule has 94 valence electrons. The van der Waals surface area contributed by atoms with Crippen LogP contribution in [0, 0.1) is 17.5 Å². The maximum atomic E-state index is 13.6. The fourth-order valence-corrected chi connectivity index (χ4v) is 1.51. The molecule has 1 aromatic heterocycles. The Morgan fingerprint density at radius 1 is 1.11 bits per heavy atom. The van der Waals surface area contributed by atoms with Crippen molar-refractivity contribution in [2.24, 2.45) is 0 Å². The van der Waals surface area contributed by atoms with Gasteiger partial charge in [-0.2, -0.15) is 0 Å². The monoisotopic (exact) mass is 253 g/mol. The van der Waals surface area contributed by atoms with Gasteiger partial charge >= 0.3 is 0 Å². The molecule has 0 aliphatic rings. The summed E-state index contributed by atoms with van der Waals surface area (Å²) in [6.45, 7) is 0. The normalized spacial score (nSPS) is 10.4. The molecule has 1 heterocycles.